The van der Waals surface area contributed by atoms with Crippen molar-refractivity contribution in [2.45, 2.75) is 0 Å². The summed E-state index contributed by atoms with van der Waals surface area (Å²) in [5.74, 6) is 1.94. The van der Waals surface area contributed by atoms with Crippen LogP contribution >= 0.6 is 0 Å². The Morgan fingerprint density at radius 2 is 1.69 bits per heavy atom. The number of anilines is 1. The topological polar surface area (TPSA) is 57.4 Å². The average molecular weight is 216 g/mol. The van der Waals surface area contributed by atoms with E-state index in [1.54, 1.807) is 49.7 Å². The predicted octanol–water partition coefficient (Wildman–Crippen LogP) is 2.46. The number of benzene rings is 1. The van der Waals surface area contributed by atoms with Crippen LogP contribution in [0, 0.1) is 0 Å². The van der Waals surface area contributed by atoms with Crippen LogP contribution in [0.4, 0.5) is 5.69 Å². The Labute approximate surface area is 93.6 Å². The van der Waals surface area contributed by atoms with Gasteiger partial charge >= 0.3 is 0 Å². The molecule has 0 atom stereocenters. The molecule has 0 aliphatic rings. The highest BCUT2D eigenvalue weighted by Crippen LogP contribution is 2.22. The zero-order valence-corrected chi connectivity index (χ0v) is 8.88. The monoisotopic (exact) mass is 216 g/mol. The Morgan fingerprint density at radius 1 is 1.00 bits per heavy atom. The smallest absolute Gasteiger partial charge is 0.213 e. The van der Waals surface area contributed by atoms with E-state index >= 15 is 0 Å². The van der Waals surface area contributed by atoms with Crippen molar-refractivity contribution in [3.8, 4) is 17.4 Å². The van der Waals surface area contributed by atoms with Crippen molar-refractivity contribution < 1.29 is 9.47 Å². The molecule has 2 N–H and O–H groups in total. The first-order valence-corrected chi connectivity index (χ1v) is 4.81. The van der Waals surface area contributed by atoms with Crippen LogP contribution in [-0.2, 0) is 0 Å². The molecule has 0 aliphatic heterocycles. The van der Waals surface area contributed by atoms with Crippen LogP contribution in [0.5, 0.6) is 17.4 Å². The van der Waals surface area contributed by atoms with Gasteiger partial charge in [0.2, 0.25) is 5.88 Å². The molecule has 0 unspecified atom stereocenters. The third-order valence-corrected chi connectivity index (χ3v) is 2.03. The van der Waals surface area contributed by atoms with Crippen molar-refractivity contribution >= 4 is 5.69 Å². The van der Waals surface area contributed by atoms with E-state index in [4.69, 9.17) is 15.2 Å². The summed E-state index contributed by atoms with van der Waals surface area (Å²) < 4.78 is 10.5. The number of ether oxygens (including phenoxy) is 2. The van der Waals surface area contributed by atoms with Crippen LogP contribution in [0.3, 0.4) is 0 Å². The molecule has 1 heterocycles. The van der Waals surface area contributed by atoms with E-state index in [9.17, 15) is 0 Å². The van der Waals surface area contributed by atoms with E-state index < -0.39 is 0 Å². The van der Waals surface area contributed by atoms with Crippen molar-refractivity contribution in [1.82, 2.24) is 4.98 Å². The molecule has 82 valence electrons. The van der Waals surface area contributed by atoms with E-state index in [0.29, 0.717) is 17.3 Å². The van der Waals surface area contributed by atoms with Gasteiger partial charge in [0, 0.05) is 11.8 Å². The largest absolute Gasteiger partial charge is 0.481 e. The van der Waals surface area contributed by atoms with Crippen LogP contribution in [0.15, 0.2) is 42.6 Å². The molecule has 0 bridgehead atoms. The summed E-state index contributed by atoms with van der Waals surface area (Å²) in [6.45, 7) is 0. The molecule has 0 spiro atoms. The fraction of sp³-hybridized carbons (Fsp3) is 0.0833. The van der Waals surface area contributed by atoms with Gasteiger partial charge in [-0.2, -0.15) is 0 Å². The van der Waals surface area contributed by atoms with Gasteiger partial charge < -0.3 is 15.2 Å². The Hall–Kier alpha value is -2.23. The molecule has 1 aromatic heterocycles. The summed E-state index contributed by atoms with van der Waals surface area (Å²) in [6, 6.07) is 10.7. The first-order chi connectivity index (χ1) is 7.78. The molecule has 0 fully saturated rings. The van der Waals surface area contributed by atoms with Gasteiger partial charge in [-0.1, -0.05) is 0 Å². The third kappa shape index (κ3) is 2.42. The minimum absolute atomic E-state index is 0.560. The van der Waals surface area contributed by atoms with Gasteiger partial charge in [-0.15, -0.1) is 0 Å². The van der Waals surface area contributed by atoms with Gasteiger partial charge in [-0.05, 0) is 30.3 Å². The summed E-state index contributed by atoms with van der Waals surface area (Å²) in [5, 5.41) is 0. The lowest BCUT2D eigenvalue weighted by atomic mass is 10.3. The summed E-state index contributed by atoms with van der Waals surface area (Å²) >= 11 is 0. The summed E-state index contributed by atoms with van der Waals surface area (Å²) in [7, 11) is 1.57. The lowest BCUT2D eigenvalue weighted by Crippen LogP contribution is -1.89. The fourth-order valence-corrected chi connectivity index (χ4v) is 1.22. The summed E-state index contributed by atoms with van der Waals surface area (Å²) in [6.07, 6.45) is 1.61. The molecule has 1 aromatic carbocycles. The zero-order valence-electron chi connectivity index (χ0n) is 8.88. The fourth-order valence-electron chi connectivity index (χ4n) is 1.22. The van der Waals surface area contributed by atoms with Crippen molar-refractivity contribution in [3.63, 3.8) is 0 Å². The molecular formula is C12H12N2O2. The van der Waals surface area contributed by atoms with E-state index in [2.05, 4.69) is 4.98 Å². The summed E-state index contributed by atoms with van der Waals surface area (Å²) in [4.78, 5) is 4.04. The molecule has 0 aliphatic carbocycles. The van der Waals surface area contributed by atoms with E-state index in [-0.39, 0.29) is 0 Å². The number of pyridine rings is 1. The maximum Gasteiger partial charge on any atom is 0.213 e. The van der Waals surface area contributed by atoms with Crippen LogP contribution in [-0.4, -0.2) is 12.1 Å². The van der Waals surface area contributed by atoms with Crippen LogP contribution in [0.1, 0.15) is 0 Å². The number of nitrogen functional groups attached to an aromatic ring is 1. The van der Waals surface area contributed by atoms with Gasteiger partial charge in [0.05, 0.1) is 13.3 Å². The Kier molecular flexibility index (Phi) is 2.91. The average Bonchev–Trinajstić information content (AvgIpc) is 2.33. The molecule has 16 heavy (non-hydrogen) atoms. The molecule has 2 rings (SSSR count). The highest BCUT2D eigenvalue weighted by Gasteiger charge is 1.98. The van der Waals surface area contributed by atoms with E-state index in [1.807, 2.05) is 0 Å². The molecule has 0 saturated heterocycles. The lowest BCUT2D eigenvalue weighted by molar-refractivity contribution is 0.395. The number of methoxy groups -OCH3 is 1. The molecule has 2 aromatic rings. The normalized spacial score (nSPS) is 9.81. The number of nitrogens with zero attached hydrogens (tertiary/aromatic N) is 1. The Morgan fingerprint density at radius 3 is 2.25 bits per heavy atom. The number of hydrogen-bond acceptors (Lipinski definition) is 4. The van der Waals surface area contributed by atoms with Crippen LogP contribution in [0.2, 0.25) is 0 Å². The van der Waals surface area contributed by atoms with Crippen LogP contribution in [0.25, 0.3) is 0 Å². The molecule has 4 heteroatoms. The van der Waals surface area contributed by atoms with Gasteiger partial charge in [-0.3, -0.25) is 0 Å². The molecule has 0 amide bonds. The lowest BCUT2D eigenvalue weighted by Gasteiger charge is -2.05. The van der Waals surface area contributed by atoms with Crippen molar-refractivity contribution in [1.29, 1.82) is 0 Å². The van der Waals surface area contributed by atoms with Crippen LogP contribution < -0.4 is 15.2 Å². The Balaban J connectivity index is 2.11. The van der Waals surface area contributed by atoms with Gasteiger partial charge in [0.25, 0.3) is 0 Å². The van der Waals surface area contributed by atoms with Gasteiger partial charge in [-0.25, -0.2) is 4.98 Å². The van der Waals surface area contributed by atoms with Crippen molar-refractivity contribution in [2.24, 2.45) is 0 Å². The minimum Gasteiger partial charge on any atom is -0.481 e. The number of hydrogen-bond donors (Lipinski definition) is 1. The second-order valence-corrected chi connectivity index (χ2v) is 3.21. The quantitative estimate of drug-likeness (QED) is 0.801. The molecule has 0 radical (unpaired) electrons. The number of aromatic nitrogens is 1. The third-order valence-electron chi connectivity index (χ3n) is 2.03. The first kappa shape index (κ1) is 10.3. The number of nitrogens with two attached hydrogens (primary N) is 1. The second kappa shape index (κ2) is 4.53. The molecular weight excluding hydrogens is 204 g/mol. The molecule has 4 nitrogen and oxygen atoms in total. The minimum atomic E-state index is 0.560. The molecule has 0 saturated carbocycles. The zero-order chi connectivity index (χ0) is 11.4. The Bertz CT molecular complexity index is 451. The van der Waals surface area contributed by atoms with E-state index in [0.717, 1.165) is 5.75 Å². The van der Waals surface area contributed by atoms with E-state index in [1.165, 1.54) is 0 Å². The highest BCUT2D eigenvalue weighted by molar-refractivity contribution is 5.42. The van der Waals surface area contributed by atoms with Crippen molar-refractivity contribution in [2.75, 3.05) is 12.8 Å². The second-order valence-electron chi connectivity index (χ2n) is 3.21. The predicted molar refractivity (Wildman–Crippen MR) is 61.7 cm³/mol. The standard InChI is InChI=1S/C12H12N2O2/c1-15-12-7-6-11(8-14-12)16-10-4-2-9(13)3-5-10/h2-8H,13H2,1H3. The SMILES string of the molecule is COc1ccc(Oc2ccc(N)cc2)cn1. The maximum atomic E-state index is 5.57. The summed E-state index contributed by atoms with van der Waals surface area (Å²) in [5.41, 5.74) is 6.28. The highest BCUT2D eigenvalue weighted by atomic mass is 16.5. The maximum absolute atomic E-state index is 5.57. The van der Waals surface area contributed by atoms with Crippen molar-refractivity contribution in [3.05, 3.63) is 42.6 Å². The first-order valence-electron chi connectivity index (χ1n) is 4.81. The number of rotatable bonds is 3. The van der Waals surface area contributed by atoms with Gasteiger partial charge in [0.1, 0.15) is 11.5 Å². The van der Waals surface area contributed by atoms with Gasteiger partial charge in [0.15, 0.2) is 0 Å².